The lowest BCUT2D eigenvalue weighted by atomic mass is 10.1. The number of hydrogen-bond donors (Lipinski definition) is 0. The Morgan fingerprint density at radius 2 is 1.85 bits per heavy atom. The average molecular weight is 465 g/mol. The first-order valence-corrected chi connectivity index (χ1v) is 11.0. The maximum atomic E-state index is 14.9. The van der Waals surface area contributed by atoms with Crippen molar-refractivity contribution in [3.8, 4) is 11.3 Å². The van der Waals surface area contributed by atoms with Gasteiger partial charge in [0.15, 0.2) is 5.65 Å². The molecule has 4 heterocycles. The number of aryl methyl sites for hydroxylation is 3. The first-order chi connectivity index (χ1) is 15.9. The van der Waals surface area contributed by atoms with Gasteiger partial charge in [0.2, 0.25) is 5.95 Å². The van der Waals surface area contributed by atoms with Crippen LogP contribution in [0, 0.1) is 26.6 Å². The predicted molar refractivity (Wildman–Crippen MR) is 125 cm³/mol. The molecular weight excluding hydrogens is 443 g/mol. The summed E-state index contributed by atoms with van der Waals surface area (Å²) in [6, 6.07) is 8.49. The average Bonchev–Trinajstić information content (AvgIpc) is 2.80. The second-order valence-electron chi connectivity index (χ2n) is 8.10. The molecule has 0 saturated carbocycles. The third kappa shape index (κ3) is 4.24. The van der Waals surface area contributed by atoms with Gasteiger partial charge in [-0.15, -0.1) is 0 Å². The third-order valence-electron chi connectivity index (χ3n) is 5.76. The summed E-state index contributed by atoms with van der Waals surface area (Å²) in [6.45, 7) is 7.36. The largest absolute Gasteiger partial charge is 0.370 e. The van der Waals surface area contributed by atoms with Crippen LogP contribution in [0.3, 0.4) is 0 Å². The molecule has 1 aliphatic heterocycles. The molecule has 0 spiro atoms. The van der Waals surface area contributed by atoms with Crippen molar-refractivity contribution in [1.82, 2.24) is 24.9 Å². The standard InChI is InChI=1S/C24H22ClFN6O/c1-13-10-16(6-7-27-13)20-12-32(8-9-33-20)24-30-21(18-5-4-17(25)11-19(18)26)22-23(31-24)29-15(3)14(2)28-22/h4-7,10-11,20H,8-9,12H2,1-3H3. The van der Waals surface area contributed by atoms with E-state index in [2.05, 4.69) is 15.0 Å². The molecule has 1 aromatic carbocycles. The molecule has 3 aromatic heterocycles. The van der Waals surface area contributed by atoms with Gasteiger partial charge in [0.25, 0.3) is 0 Å². The number of nitrogens with zero attached hydrogens (tertiary/aromatic N) is 6. The molecule has 9 heteroatoms. The predicted octanol–water partition coefficient (Wildman–Crippen LogP) is 4.78. The highest BCUT2D eigenvalue weighted by Gasteiger charge is 2.26. The summed E-state index contributed by atoms with van der Waals surface area (Å²) in [7, 11) is 0. The highest BCUT2D eigenvalue weighted by atomic mass is 35.5. The number of hydrogen-bond acceptors (Lipinski definition) is 7. The summed E-state index contributed by atoms with van der Waals surface area (Å²) in [6.07, 6.45) is 1.63. The van der Waals surface area contributed by atoms with Crippen molar-refractivity contribution in [2.24, 2.45) is 0 Å². The van der Waals surface area contributed by atoms with E-state index in [0.29, 0.717) is 53.1 Å². The normalized spacial score (nSPS) is 16.4. The van der Waals surface area contributed by atoms with E-state index in [9.17, 15) is 4.39 Å². The Labute approximate surface area is 195 Å². The second kappa shape index (κ2) is 8.61. The number of anilines is 1. The zero-order valence-corrected chi connectivity index (χ0v) is 19.3. The number of halogens is 2. The molecule has 7 nitrogen and oxygen atoms in total. The fourth-order valence-electron chi connectivity index (χ4n) is 3.91. The fraction of sp³-hybridized carbons (Fsp3) is 0.292. The molecule has 0 bridgehead atoms. The minimum Gasteiger partial charge on any atom is -0.370 e. The monoisotopic (exact) mass is 464 g/mol. The zero-order chi connectivity index (χ0) is 23.1. The van der Waals surface area contributed by atoms with E-state index < -0.39 is 5.82 Å². The van der Waals surface area contributed by atoms with E-state index in [1.807, 2.05) is 37.8 Å². The minimum atomic E-state index is -0.472. The van der Waals surface area contributed by atoms with Gasteiger partial charge in [-0.05, 0) is 56.7 Å². The SMILES string of the molecule is Cc1cc(C2CN(c3nc(-c4ccc(Cl)cc4F)c4nc(C)c(C)nc4n3)CCO2)ccn1. The molecule has 5 rings (SSSR count). The van der Waals surface area contributed by atoms with E-state index in [1.54, 1.807) is 18.3 Å². The van der Waals surface area contributed by atoms with Crippen LogP contribution < -0.4 is 4.90 Å². The van der Waals surface area contributed by atoms with Crippen molar-refractivity contribution in [1.29, 1.82) is 0 Å². The molecule has 4 aromatic rings. The molecule has 1 aliphatic rings. The number of aromatic nitrogens is 5. The molecule has 1 saturated heterocycles. The highest BCUT2D eigenvalue weighted by molar-refractivity contribution is 6.30. The Morgan fingerprint density at radius 3 is 2.64 bits per heavy atom. The van der Waals surface area contributed by atoms with Crippen LogP contribution >= 0.6 is 11.6 Å². The van der Waals surface area contributed by atoms with Crippen molar-refractivity contribution in [3.05, 3.63) is 70.0 Å². The van der Waals surface area contributed by atoms with Gasteiger partial charge in [0.1, 0.15) is 23.1 Å². The summed E-state index contributed by atoms with van der Waals surface area (Å²) >= 11 is 5.98. The van der Waals surface area contributed by atoms with Crippen LogP contribution in [0.15, 0.2) is 36.5 Å². The van der Waals surface area contributed by atoms with E-state index >= 15 is 0 Å². The van der Waals surface area contributed by atoms with Crippen LogP contribution in [0.5, 0.6) is 0 Å². The maximum absolute atomic E-state index is 14.9. The van der Waals surface area contributed by atoms with Crippen molar-refractivity contribution in [2.45, 2.75) is 26.9 Å². The van der Waals surface area contributed by atoms with Crippen LogP contribution in [0.1, 0.15) is 28.7 Å². The van der Waals surface area contributed by atoms with Crippen molar-refractivity contribution >= 4 is 28.7 Å². The van der Waals surface area contributed by atoms with Crippen LogP contribution in [-0.2, 0) is 4.74 Å². The molecule has 1 unspecified atom stereocenters. The highest BCUT2D eigenvalue weighted by Crippen LogP contribution is 2.32. The van der Waals surface area contributed by atoms with Crippen molar-refractivity contribution in [2.75, 3.05) is 24.6 Å². The zero-order valence-electron chi connectivity index (χ0n) is 18.5. The van der Waals surface area contributed by atoms with E-state index in [0.717, 1.165) is 22.6 Å². The number of benzene rings is 1. The Bertz CT molecular complexity index is 1360. The van der Waals surface area contributed by atoms with Gasteiger partial charge < -0.3 is 9.64 Å². The molecule has 1 fully saturated rings. The van der Waals surface area contributed by atoms with Crippen molar-refractivity contribution < 1.29 is 9.13 Å². The van der Waals surface area contributed by atoms with Gasteiger partial charge in [-0.25, -0.2) is 19.3 Å². The van der Waals surface area contributed by atoms with Crippen LogP contribution in [-0.4, -0.2) is 44.6 Å². The van der Waals surface area contributed by atoms with Gasteiger partial charge in [-0.2, -0.15) is 4.98 Å². The number of fused-ring (bicyclic) bond motifs is 1. The van der Waals surface area contributed by atoms with E-state index in [-0.39, 0.29) is 6.10 Å². The number of ether oxygens (including phenoxy) is 1. The van der Waals surface area contributed by atoms with Crippen LogP contribution in [0.4, 0.5) is 10.3 Å². The van der Waals surface area contributed by atoms with Gasteiger partial charge in [0, 0.05) is 29.0 Å². The van der Waals surface area contributed by atoms with Crippen molar-refractivity contribution in [3.63, 3.8) is 0 Å². The quantitative estimate of drug-likeness (QED) is 0.432. The van der Waals surface area contributed by atoms with Gasteiger partial charge >= 0.3 is 0 Å². The van der Waals surface area contributed by atoms with Crippen LogP contribution in [0.2, 0.25) is 5.02 Å². The number of rotatable bonds is 3. The maximum Gasteiger partial charge on any atom is 0.228 e. The molecule has 33 heavy (non-hydrogen) atoms. The third-order valence-corrected chi connectivity index (χ3v) is 5.99. The number of pyridine rings is 1. The summed E-state index contributed by atoms with van der Waals surface area (Å²) in [5.74, 6) is -0.0101. The summed E-state index contributed by atoms with van der Waals surface area (Å²) in [5.41, 5.74) is 5.06. The van der Waals surface area contributed by atoms with E-state index in [1.165, 1.54) is 6.07 Å². The lowest BCUT2D eigenvalue weighted by Crippen LogP contribution is -2.39. The molecule has 0 aliphatic carbocycles. The minimum absolute atomic E-state index is 0.152. The second-order valence-corrected chi connectivity index (χ2v) is 8.54. The smallest absolute Gasteiger partial charge is 0.228 e. The van der Waals surface area contributed by atoms with Gasteiger partial charge in [0.05, 0.1) is 24.5 Å². The first kappa shape index (κ1) is 21.6. The molecular formula is C24H22ClFN6O. The Morgan fingerprint density at radius 1 is 1.03 bits per heavy atom. The topological polar surface area (TPSA) is 76.9 Å². The van der Waals surface area contributed by atoms with Crippen LogP contribution in [0.25, 0.3) is 22.4 Å². The Balaban J connectivity index is 1.62. The molecule has 0 radical (unpaired) electrons. The van der Waals surface area contributed by atoms with Gasteiger partial charge in [-0.1, -0.05) is 11.6 Å². The Kier molecular flexibility index (Phi) is 5.64. The summed E-state index contributed by atoms with van der Waals surface area (Å²) in [4.78, 5) is 25.0. The molecule has 1 atom stereocenters. The van der Waals surface area contributed by atoms with E-state index in [4.69, 9.17) is 26.3 Å². The summed E-state index contributed by atoms with van der Waals surface area (Å²) in [5, 5.41) is 0.316. The molecule has 0 N–H and O–H groups in total. The fourth-order valence-corrected chi connectivity index (χ4v) is 4.07. The first-order valence-electron chi connectivity index (χ1n) is 10.7. The summed E-state index contributed by atoms with van der Waals surface area (Å²) < 4.78 is 20.9. The van der Waals surface area contributed by atoms with Gasteiger partial charge in [-0.3, -0.25) is 4.98 Å². The number of morpholine rings is 1. The lowest BCUT2D eigenvalue weighted by Gasteiger charge is -2.33. The molecule has 0 amide bonds. The Hall–Kier alpha value is -3.23. The lowest BCUT2D eigenvalue weighted by molar-refractivity contribution is 0.0391. The molecule has 168 valence electrons.